The first kappa shape index (κ1) is 17.7. The van der Waals surface area contributed by atoms with Crippen LogP contribution in [0.1, 0.15) is 33.1 Å². The summed E-state index contributed by atoms with van der Waals surface area (Å²) >= 11 is 0. The fraction of sp³-hybridized carbons (Fsp3) is 0.412. The van der Waals surface area contributed by atoms with Gasteiger partial charge >= 0.3 is 5.97 Å². The van der Waals surface area contributed by atoms with Crippen LogP contribution >= 0.6 is 0 Å². The number of aryl methyl sites for hydroxylation is 1. The summed E-state index contributed by atoms with van der Waals surface area (Å²) in [5.74, 6) is -0.253. The van der Waals surface area contributed by atoms with Gasteiger partial charge in [0.1, 0.15) is 12.0 Å². The normalized spacial score (nSPS) is 11.2. The highest BCUT2D eigenvalue weighted by molar-refractivity contribution is 5.79. The van der Waals surface area contributed by atoms with E-state index in [1.165, 1.54) is 0 Å². The summed E-state index contributed by atoms with van der Waals surface area (Å²) < 4.78 is 1.68. The topological polar surface area (TPSA) is 96.9 Å². The lowest BCUT2D eigenvalue weighted by Gasteiger charge is -2.20. The van der Waals surface area contributed by atoms with Gasteiger partial charge in [0.05, 0.1) is 12.8 Å². The molecule has 0 saturated carbocycles. The Morgan fingerprint density at radius 1 is 1.21 bits per heavy atom. The number of carbonyl (C=O) groups is 2. The zero-order chi connectivity index (χ0) is 17.6. The molecule has 0 saturated heterocycles. The van der Waals surface area contributed by atoms with Crippen molar-refractivity contribution < 1.29 is 19.4 Å². The van der Waals surface area contributed by atoms with E-state index < -0.39 is 11.4 Å². The zero-order valence-corrected chi connectivity index (χ0v) is 13.8. The Hall–Kier alpha value is -2.70. The number of hydrogen-bond donors (Lipinski definition) is 1. The minimum atomic E-state index is -0.887. The van der Waals surface area contributed by atoms with E-state index in [1.54, 1.807) is 49.4 Å². The number of Topliss-reactive ketones (excluding diaryl/α,β-unsaturated/α-hetero) is 1. The van der Waals surface area contributed by atoms with E-state index in [0.29, 0.717) is 18.8 Å². The average Bonchev–Trinajstić information content (AvgIpc) is 2.52. The van der Waals surface area contributed by atoms with Crippen LogP contribution in [0.25, 0.3) is 11.4 Å². The molecule has 0 atom stereocenters. The number of hydrogen-bond acceptors (Lipinski definition) is 5. The van der Waals surface area contributed by atoms with Crippen molar-refractivity contribution in [2.24, 2.45) is 5.41 Å². The molecule has 7 nitrogen and oxygen atoms in total. The van der Waals surface area contributed by atoms with Gasteiger partial charge in [0.15, 0.2) is 18.6 Å². The molecule has 2 rings (SSSR count). The molecular formula is C17H21N4O3+. The summed E-state index contributed by atoms with van der Waals surface area (Å²) in [6.45, 7) is 4.04. The number of carboxylic acid groups (broad SMARTS) is 1. The van der Waals surface area contributed by atoms with Crippen molar-refractivity contribution in [3.05, 3.63) is 36.9 Å². The molecule has 0 radical (unpaired) electrons. The van der Waals surface area contributed by atoms with Crippen molar-refractivity contribution in [3.8, 4) is 11.4 Å². The molecule has 0 spiro atoms. The van der Waals surface area contributed by atoms with Gasteiger partial charge in [-0.15, -0.1) is 0 Å². The van der Waals surface area contributed by atoms with Crippen LogP contribution in [0.3, 0.4) is 0 Å². The molecule has 0 bridgehead atoms. The Morgan fingerprint density at radius 3 is 2.50 bits per heavy atom. The van der Waals surface area contributed by atoms with E-state index in [4.69, 9.17) is 5.11 Å². The highest BCUT2D eigenvalue weighted by Gasteiger charge is 2.25. The Morgan fingerprint density at radius 2 is 1.92 bits per heavy atom. The van der Waals surface area contributed by atoms with Crippen molar-refractivity contribution in [2.45, 2.75) is 39.7 Å². The molecular weight excluding hydrogens is 308 g/mol. The van der Waals surface area contributed by atoms with Gasteiger partial charge in [-0.3, -0.25) is 9.59 Å². The standard InChI is InChI=1S/C17H20N4O3/c1-17(2,11-15(23)24)10-14(22)5-9-21-8-4-13(12-20-21)16-18-6-3-7-19-16/h3-4,6-8,12H,5,9-11H2,1-2H3/p+1. The van der Waals surface area contributed by atoms with Gasteiger partial charge in [-0.2, -0.15) is 0 Å². The maximum atomic E-state index is 12.0. The molecule has 0 unspecified atom stereocenters. The minimum absolute atomic E-state index is 0.0180. The Balaban J connectivity index is 1.88. The lowest BCUT2D eigenvalue weighted by atomic mass is 9.83. The molecule has 24 heavy (non-hydrogen) atoms. The first-order valence-electron chi connectivity index (χ1n) is 7.72. The van der Waals surface area contributed by atoms with E-state index in [0.717, 1.165) is 5.56 Å². The summed E-state index contributed by atoms with van der Waals surface area (Å²) in [5, 5.41) is 13.1. The molecule has 0 aliphatic heterocycles. The summed E-state index contributed by atoms with van der Waals surface area (Å²) in [5.41, 5.74) is 0.274. The summed E-state index contributed by atoms with van der Waals surface area (Å²) in [6.07, 6.45) is 7.32. The van der Waals surface area contributed by atoms with Crippen LogP contribution in [0.5, 0.6) is 0 Å². The lowest BCUT2D eigenvalue weighted by Crippen LogP contribution is -2.38. The second-order valence-electron chi connectivity index (χ2n) is 6.45. The van der Waals surface area contributed by atoms with Gasteiger partial charge in [0.25, 0.3) is 0 Å². The molecule has 2 heterocycles. The fourth-order valence-electron chi connectivity index (χ4n) is 2.43. The third-order valence-corrected chi connectivity index (χ3v) is 3.52. The molecule has 2 aromatic rings. The quantitative estimate of drug-likeness (QED) is 0.740. The van der Waals surface area contributed by atoms with Crippen molar-refractivity contribution in [1.29, 1.82) is 0 Å². The van der Waals surface area contributed by atoms with E-state index in [9.17, 15) is 9.59 Å². The predicted octanol–water partition coefficient (Wildman–Crippen LogP) is 1.68. The van der Waals surface area contributed by atoms with E-state index in [-0.39, 0.29) is 18.6 Å². The van der Waals surface area contributed by atoms with Crippen LogP contribution in [-0.2, 0) is 16.1 Å². The monoisotopic (exact) mass is 329 g/mol. The number of carbonyl (C=O) groups excluding carboxylic acids is 1. The number of carboxylic acids is 1. The van der Waals surface area contributed by atoms with Crippen LogP contribution in [0.4, 0.5) is 0 Å². The smallest absolute Gasteiger partial charge is 0.303 e. The maximum absolute atomic E-state index is 12.0. The highest BCUT2D eigenvalue weighted by Crippen LogP contribution is 2.25. The van der Waals surface area contributed by atoms with Crippen LogP contribution in [-0.4, -0.2) is 31.9 Å². The second-order valence-corrected chi connectivity index (χ2v) is 6.45. The molecule has 1 N–H and O–H groups in total. The van der Waals surface area contributed by atoms with Gasteiger partial charge in [-0.1, -0.05) is 18.5 Å². The largest absolute Gasteiger partial charge is 0.481 e. The Kier molecular flexibility index (Phi) is 5.68. The van der Waals surface area contributed by atoms with Gasteiger partial charge in [-0.25, -0.2) is 9.97 Å². The van der Waals surface area contributed by atoms with Crippen LogP contribution in [0, 0.1) is 5.41 Å². The van der Waals surface area contributed by atoms with Crippen molar-refractivity contribution in [1.82, 2.24) is 15.1 Å². The number of ketones is 1. The van der Waals surface area contributed by atoms with Crippen molar-refractivity contribution >= 4 is 11.8 Å². The molecule has 126 valence electrons. The molecule has 0 fully saturated rings. The summed E-state index contributed by atoms with van der Waals surface area (Å²) in [4.78, 5) is 31.1. The number of nitrogens with zero attached hydrogens (tertiary/aromatic N) is 4. The molecule has 2 aromatic heterocycles. The van der Waals surface area contributed by atoms with Crippen molar-refractivity contribution in [2.75, 3.05) is 0 Å². The second kappa shape index (κ2) is 7.72. The molecule has 7 heteroatoms. The summed E-state index contributed by atoms with van der Waals surface area (Å²) in [7, 11) is 0. The molecule has 0 aliphatic rings. The van der Waals surface area contributed by atoms with Crippen LogP contribution in [0.2, 0.25) is 0 Å². The molecule has 0 aromatic carbocycles. The lowest BCUT2D eigenvalue weighted by molar-refractivity contribution is -0.752. The van der Waals surface area contributed by atoms with E-state index >= 15 is 0 Å². The molecule has 0 aliphatic carbocycles. The minimum Gasteiger partial charge on any atom is -0.481 e. The van der Waals surface area contributed by atoms with Crippen LogP contribution < -0.4 is 4.68 Å². The van der Waals surface area contributed by atoms with E-state index in [1.807, 2.05) is 6.07 Å². The maximum Gasteiger partial charge on any atom is 0.303 e. The number of rotatable bonds is 8. The van der Waals surface area contributed by atoms with Crippen molar-refractivity contribution in [3.63, 3.8) is 0 Å². The molecule has 0 amide bonds. The van der Waals surface area contributed by atoms with Gasteiger partial charge in [0, 0.05) is 30.4 Å². The third kappa shape index (κ3) is 5.49. The summed E-state index contributed by atoms with van der Waals surface area (Å²) in [6, 6.07) is 3.60. The zero-order valence-electron chi connectivity index (χ0n) is 13.8. The first-order chi connectivity index (χ1) is 11.4. The fourth-order valence-corrected chi connectivity index (χ4v) is 2.43. The Bertz CT molecular complexity index is 700. The Labute approximate surface area is 140 Å². The van der Waals surface area contributed by atoms with Gasteiger partial charge in [-0.05, 0) is 16.6 Å². The first-order valence-corrected chi connectivity index (χ1v) is 7.72. The highest BCUT2D eigenvalue weighted by atomic mass is 16.4. The predicted molar refractivity (Wildman–Crippen MR) is 85.7 cm³/mol. The number of aliphatic carboxylic acids is 1. The van der Waals surface area contributed by atoms with Crippen LogP contribution in [0.15, 0.2) is 36.9 Å². The van der Waals surface area contributed by atoms with Gasteiger partial charge in [0.2, 0.25) is 0 Å². The average molecular weight is 329 g/mol. The van der Waals surface area contributed by atoms with E-state index in [2.05, 4.69) is 15.1 Å². The SMILES string of the molecule is CC(C)(CC(=O)O)CC(=O)CC[n+]1ccc(-c2ncccn2)cn1. The third-order valence-electron chi connectivity index (χ3n) is 3.52. The van der Waals surface area contributed by atoms with Gasteiger partial charge < -0.3 is 5.11 Å². The number of aromatic nitrogens is 4.